The molecule has 0 bridgehead atoms. The Kier molecular flexibility index (Phi) is 5.10. The number of esters is 1. The molecule has 2 fully saturated rings. The second-order valence-electron chi connectivity index (χ2n) is 5.83. The van der Waals surface area contributed by atoms with Gasteiger partial charge >= 0.3 is 5.97 Å². The van der Waals surface area contributed by atoms with E-state index in [1.54, 1.807) is 0 Å². The molecule has 0 radical (unpaired) electrons. The van der Waals surface area contributed by atoms with E-state index in [1.165, 1.54) is 0 Å². The fourth-order valence-corrected chi connectivity index (χ4v) is 2.82. The van der Waals surface area contributed by atoms with Crippen molar-refractivity contribution >= 4 is 5.97 Å². The van der Waals surface area contributed by atoms with Gasteiger partial charge in [0.25, 0.3) is 0 Å². The smallest absolute Gasteiger partial charge is 0.333 e. The van der Waals surface area contributed by atoms with Crippen LogP contribution < -0.4 is 0 Å². The highest BCUT2D eigenvalue weighted by atomic mass is 16.7. The topological polar surface area (TPSA) is 54.0 Å². The molecule has 3 rings (SSSR count). The normalized spacial score (nSPS) is 29.3. The monoisotopic (exact) mass is 318 g/mol. The van der Waals surface area contributed by atoms with Gasteiger partial charge in [-0.05, 0) is 12.0 Å². The molecule has 5 heteroatoms. The summed E-state index contributed by atoms with van der Waals surface area (Å²) in [5.74, 6) is -0.376. The van der Waals surface area contributed by atoms with Crippen LogP contribution in [0.4, 0.5) is 0 Å². The number of ether oxygens (including phenoxy) is 4. The van der Waals surface area contributed by atoms with E-state index in [2.05, 4.69) is 6.58 Å². The summed E-state index contributed by atoms with van der Waals surface area (Å²) in [5, 5.41) is 0. The minimum atomic E-state index is -0.388. The van der Waals surface area contributed by atoms with Crippen molar-refractivity contribution in [3.63, 3.8) is 0 Å². The molecule has 0 amide bonds. The summed E-state index contributed by atoms with van der Waals surface area (Å²) in [7, 11) is 0. The summed E-state index contributed by atoms with van der Waals surface area (Å²) >= 11 is 0. The summed E-state index contributed by atoms with van der Waals surface area (Å²) in [5.41, 5.74) is 1.57. The van der Waals surface area contributed by atoms with E-state index in [1.807, 2.05) is 37.3 Å². The molecular formula is C18H22O5. The van der Waals surface area contributed by atoms with Crippen LogP contribution in [0.3, 0.4) is 0 Å². The Morgan fingerprint density at radius 3 is 2.52 bits per heavy atom. The highest BCUT2D eigenvalue weighted by molar-refractivity contribution is 5.87. The van der Waals surface area contributed by atoms with Crippen molar-refractivity contribution in [3.05, 3.63) is 48.0 Å². The fraction of sp³-hybridized carbons (Fsp3) is 0.500. The van der Waals surface area contributed by atoms with Crippen molar-refractivity contribution in [2.24, 2.45) is 0 Å². The van der Waals surface area contributed by atoms with Crippen LogP contribution in [0.5, 0.6) is 0 Å². The Balaban J connectivity index is 1.52. The van der Waals surface area contributed by atoms with Gasteiger partial charge in [0.15, 0.2) is 6.10 Å². The average Bonchev–Trinajstić information content (AvgIpc) is 3.16. The van der Waals surface area contributed by atoms with Crippen molar-refractivity contribution in [1.29, 1.82) is 0 Å². The molecule has 0 N–H and O–H groups in total. The molecule has 1 aromatic rings. The fourth-order valence-electron chi connectivity index (χ4n) is 2.82. The number of rotatable bonds is 6. The van der Waals surface area contributed by atoms with Gasteiger partial charge in [-0.2, -0.15) is 0 Å². The van der Waals surface area contributed by atoms with E-state index in [4.69, 9.17) is 18.9 Å². The number of benzene rings is 1. The third-order valence-electron chi connectivity index (χ3n) is 4.24. The molecule has 2 saturated heterocycles. The van der Waals surface area contributed by atoms with Crippen LogP contribution in [-0.4, -0.2) is 43.6 Å². The van der Waals surface area contributed by atoms with Gasteiger partial charge in [-0.25, -0.2) is 4.79 Å². The molecule has 0 spiro atoms. The van der Waals surface area contributed by atoms with Crippen LogP contribution in [0, 0.1) is 0 Å². The molecule has 0 unspecified atom stereocenters. The molecule has 23 heavy (non-hydrogen) atoms. The highest BCUT2D eigenvalue weighted by Gasteiger charge is 2.50. The predicted octanol–water partition coefficient (Wildman–Crippen LogP) is 2.25. The molecule has 2 aliphatic heterocycles. The van der Waals surface area contributed by atoms with Crippen molar-refractivity contribution in [1.82, 2.24) is 0 Å². The molecule has 4 atom stereocenters. The summed E-state index contributed by atoms with van der Waals surface area (Å²) in [6.07, 6.45) is -0.403. The molecule has 2 aliphatic rings. The van der Waals surface area contributed by atoms with E-state index < -0.39 is 0 Å². The summed E-state index contributed by atoms with van der Waals surface area (Å²) in [6.45, 7) is 6.87. The Labute approximate surface area is 136 Å². The Morgan fingerprint density at radius 2 is 1.83 bits per heavy atom. The van der Waals surface area contributed by atoms with Crippen LogP contribution in [0.25, 0.3) is 0 Å². The van der Waals surface area contributed by atoms with Gasteiger partial charge in [-0.3, -0.25) is 0 Å². The molecule has 0 aliphatic carbocycles. The predicted molar refractivity (Wildman–Crippen MR) is 83.8 cm³/mol. The largest absolute Gasteiger partial charge is 0.454 e. The van der Waals surface area contributed by atoms with Gasteiger partial charge < -0.3 is 18.9 Å². The summed E-state index contributed by atoms with van der Waals surface area (Å²) < 4.78 is 22.9. The molecular weight excluding hydrogens is 296 g/mol. The molecule has 5 nitrogen and oxygen atoms in total. The van der Waals surface area contributed by atoms with Crippen molar-refractivity contribution in [3.8, 4) is 0 Å². The standard InChI is InChI=1S/C18H22O5/c1-3-12(2)18(19)23-15-11-22-16-14(10-21-17(15)16)20-9-13-7-5-4-6-8-13/h4-8,14-17H,2-3,9-11H2,1H3/t14-,15+,16+,17+/m0/s1. The van der Waals surface area contributed by atoms with Gasteiger partial charge in [-0.1, -0.05) is 43.8 Å². The van der Waals surface area contributed by atoms with Crippen molar-refractivity contribution in [2.75, 3.05) is 13.2 Å². The lowest BCUT2D eigenvalue weighted by molar-refractivity contribution is -0.149. The van der Waals surface area contributed by atoms with Gasteiger partial charge in [0.2, 0.25) is 0 Å². The third kappa shape index (κ3) is 3.63. The highest BCUT2D eigenvalue weighted by Crippen LogP contribution is 2.31. The maximum Gasteiger partial charge on any atom is 0.333 e. The molecule has 124 valence electrons. The molecule has 1 aromatic carbocycles. The minimum absolute atomic E-state index is 0.140. The van der Waals surface area contributed by atoms with Gasteiger partial charge in [0.1, 0.15) is 18.3 Å². The molecule has 2 heterocycles. The molecule has 0 saturated carbocycles. The van der Waals surface area contributed by atoms with E-state index in [-0.39, 0.29) is 30.4 Å². The van der Waals surface area contributed by atoms with Crippen LogP contribution in [0.15, 0.2) is 42.5 Å². The maximum atomic E-state index is 11.8. The second-order valence-corrected chi connectivity index (χ2v) is 5.83. The average molecular weight is 318 g/mol. The Hall–Kier alpha value is -1.69. The lowest BCUT2D eigenvalue weighted by Gasteiger charge is -2.17. The van der Waals surface area contributed by atoms with Gasteiger partial charge in [0, 0.05) is 5.57 Å². The summed E-state index contributed by atoms with van der Waals surface area (Å²) in [4.78, 5) is 11.8. The van der Waals surface area contributed by atoms with Crippen molar-refractivity contribution in [2.45, 2.75) is 44.4 Å². The Morgan fingerprint density at radius 1 is 1.17 bits per heavy atom. The first-order chi connectivity index (χ1) is 11.2. The summed E-state index contributed by atoms with van der Waals surface area (Å²) in [6, 6.07) is 9.97. The lowest BCUT2D eigenvalue weighted by Crippen LogP contribution is -2.35. The zero-order valence-electron chi connectivity index (χ0n) is 13.3. The van der Waals surface area contributed by atoms with Gasteiger partial charge in [-0.15, -0.1) is 0 Å². The first-order valence-corrected chi connectivity index (χ1v) is 7.96. The van der Waals surface area contributed by atoms with Crippen LogP contribution >= 0.6 is 0 Å². The zero-order valence-corrected chi connectivity index (χ0v) is 13.3. The van der Waals surface area contributed by atoms with E-state index in [0.29, 0.717) is 31.8 Å². The van der Waals surface area contributed by atoms with Crippen LogP contribution in [-0.2, 0) is 30.3 Å². The number of fused-ring (bicyclic) bond motifs is 1. The SMILES string of the molecule is C=C(CC)C(=O)O[C@@H]1CO[C@H]2[C@@H]1OC[C@@H]2OCc1ccccc1. The number of carbonyl (C=O) groups excluding carboxylic acids is 1. The number of carbonyl (C=O) groups is 1. The van der Waals surface area contributed by atoms with Crippen LogP contribution in [0.1, 0.15) is 18.9 Å². The van der Waals surface area contributed by atoms with E-state index in [9.17, 15) is 4.79 Å². The maximum absolute atomic E-state index is 11.8. The second kappa shape index (κ2) is 7.25. The van der Waals surface area contributed by atoms with Crippen molar-refractivity contribution < 1.29 is 23.7 Å². The van der Waals surface area contributed by atoms with Crippen LogP contribution in [0.2, 0.25) is 0 Å². The first-order valence-electron chi connectivity index (χ1n) is 7.96. The lowest BCUT2D eigenvalue weighted by atomic mass is 10.1. The zero-order chi connectivity index (χ0) is 16.2. The van der Waals surface area contributed by atoms with E-state index in [0.717, 1.165) is 5.56 Å². The third-order valence-corrected chi connectivity index (χ3v) is 4.24. The molecule has 0 aromatic heterocycles. The number of hydrogen-bond donors (Lipinski definition) is 0. The minimum Gasteiger partial charge on any atom is -0.454 e. The Bertz CT molecular complexity index is 556. The number of hydrogen-bond acceptors (Lipinski definition) is 5. The quantitative estimate of drug-likeness (QED) is 0.595. The first kappa shape index (κ1) is 16.2. The van der Waals surface area contributed by atoms with E-state index >= 15 is 0 Å². The van der Waals surface area contributed by atoms with Gasteiger partial charge in [0.05, 0.1) is 19.8 Å².